The van der Waals surface area contributed by atoms with Gasteiger partial charge in [-0.25, -0.2) is 0 Å². The third kappa shape index (κ3) is 9.52. The van der Waals surface area contributed by atoms with Crippen molar-refractivity contribution in [1.82, 2.24) is 9.97 Å². The molecule has 0 aliphatic rings. The van der Waals surface area contributed by atoms with Crippen molar-refractivity contribution in [3.05, 3.63) is 79.5 Å². The van der Waals surface area contributed by atoms with Gasteiger partial charge in [-0.15, -0.1) is 12.3 Å². The van der Waals surface area contributed by atoms with E-state index < -0.39 is 0 Å². The summed E-state index contributed by atoms with van der Waals surface area (Å²) in [4.78, 5) is 8.46. The van der Waals surface area contributed by atoms with Crippen LogP contribution in [-0.2, 0) is 53.8 Å². The van der Waals surface area contributed by atoms with Gasteiger partial charge in [0.25, 0.3) is 0 Å². The van der Waals surface area contributed by atoms with Gasteiger partial charge >= 0.3 is 0 Å². The third-order valence-electron chi connectivity index (χ3n) is 3.47. The van der Waals surface area contributed by atoms with Crippen LogP contribution in [0.5, 0.6) is 0 Å². The SMILES string of the molecule is CC.CC.OCCC(c1ccccc1)c1ccc2nc[c-]nc2c1.[CH3-].[Pt].[Y]. The maximum atomic E-state index is 9.34. The van der Waals surface area contributed by atoms with Gasteiger partial charge in [0.05, 0.1) is 0 Å². The molecule has 3 nitrogen and oxygen atoms in total. The Kier molecular flexibility index (Phi) is 21.8. The number of hydrogen-bond acceptors (Lipinski definition) is 3. The van der Waals surface area contributed by atoms with E-state index in [9.17, 15) is 5.11 Å². The van der Waals surface area contributed by atoms with E-state index in [-0.39, 0.29) is 73.7 Å². The molecule has 0 bridgehead atoms. The predicted octanol–water partition coefficient (Wildman–Crippen LogP) is 5.44. The fourth-order valence-corrected chi connectivity index (χ4v) is 2.49. The first kappa shape index (κ1) is 31.2. The van der Waals surface area contributed by atoms with Crippen molar-refractivity contribution >= 4 is 11.0 Å². The molecule has 3 rings (SSSR count). The largest absolute Gasteiger partial charge is 0.448 e. The summed E-state index contributed by atoms with van der Waals surface area (Å²) in [7, 11) is 0. The molecule has 3 aromatic rings. The second-order valence-electron chi connectivity index (χ2n) is 4.72. The van der Waals surface area contributed by atoms with Gasteiger partial charge in [0.1, 0.15) is 0 Å². The molecule has 0 aliphatic heterocycles. The molecule has 1 radical (unpaired) electrons. The van der Waals surface area contributed by atoms with Crippen molar-refractivity contribution in [3.8, 4) is 0 Å². The van der Waals surface area contributed by atoms with E-state index in [0.717, 1.165) is 16.6 Å². The monoisotopic (exact) mass is 622 g/mol. The molecule has 2 aromatic carbocycles. The molecule has 149 valence electrons. The molecular formula is C22H30N2OPtY-2. The van der Waals surface area contributed by atoms with Gasteiger partial charge in [-0.05, 0) is 18.2 Å². The Morgan fingerprint density at radius 2 is 1.56 bits per heavy atom. The Morgan fingerprint density at radius 1 is 0.926 bits per heavy atom. The van der Waals surface area contributed by atoms with E-state index in [1.807, 2.05) is 58.0 Å². The average Bonchev–Trinajstić information content (AvgIpc) is 2.69. The normalized spacial score (nSPS) is 9.67. The molecule has 27 heavy (non-hydrogen) atoms. The van der Waals surface area contributed by atoms with Crippen LogP contribution in [0.3, 0.4) is 0 Å². The first-order valence-corrected chi connectivity index (χ1v) is 8.67. The van der Waals surface area contributed by atoms with Crippen molar-refractivity contribution < 1.29 is 58.9 Å². The molecular weight excluding hydrogens is 592 g/mol. The zero-order valence-corrected chi connectivity index (χ0v) is 22.0. The molecule has 5 heteroatoms. The van der Waals surface area contributed by atoms with E-state index in [1.165, 1.54) is 5.56 Å². The number of hydrogen-bond donors (Lipinski definition) is 1. The van der Waals surface area contributed by atoms with Gasteiger partial charge in [0.2, 0.25) is 0 Å². The summed E-state index contributed by atoms with van der Waals surface area (Å²) < 4.78 is 0. The first-order chi connectivity index (χ1) is 11.9. The van der Waals surface area contributed by atoms with Gasteiger partial charge in [-0.2, -0.15) is 0 Å². The summed E-state index contributed by atoms with van der Waals surface area (Å²) in [6.45, 7) is 8.16. The number of aliphatic hydroxyl groups excluding tert-OH is 1. The quantitative estimate of drug-likeness (QED) is 0.395. The molecule has 1 aromatic heterocycles. The summed E-state index contributed by atoms with van der Waals surface area (Å²) in [6.07, 6.45) is 5.03. The van der Waals surface area contributed by atoms with E-state index in [0.29, 0.717) is 6.42 Å². The molecule has 0 aliphatic carbocycles. The van der Waals surface area contributed by atoms with E-state index >= 15 is 0 Å². The van der Waals surface area contributed by atoms with E-state index in [1.54, 1.807) is 6.20 Å². The van der Waals surface area contributed by atoms with Crippen LogP contribution < -0.4 is 0 Å². The summed E-state index contributed by atoms with van der Waals surface area (Å²) >= 11 is 0. The van der Waals surface area contributed by atoms with Gasteiger partial charge < -0.3 is 17.5 Å². The van der Waals surface area contributed by atoms with E-state index in [2.05, 4.69) is 34.4 Å². The van der Waals surface area contributed by atoms with E-state index in [4.69, 9.17) is 0 Å². The molecule has 0 saturated carbocycles. The van der Waals surface area contributed by atoms with Gasteiger partial charge in [-0.1, -0.05) is 81.2 Å². The summed E-state index contributed by atoms with van der Waals surface area (Å²) in [5.41, 5.74) is 4.05. The number of aromatic nitrogens is 2. The zero-order valence-electron chi connectivity index (χ0n) is 16.9. The van der Waals surface area contributed by atoms with Crippen molar-refractivity contribution in [2.45, 2.75) is 40.0 Å². The number of benzene rings is 2. The minimum absolute atomic E-state index is 0. The van der Waals surface area contributed by atoms with Crippen molar-refractivity contribution in [2.75, 3.05) is 6.61 Å². The molecule has 1 atom stereocenters. The second-order valence-corrected chi connectivity index (χ2v) is 4.72. The van der Waals surface area contributed by atoms with Crippen molar-refractivity contribution in [3.63, 3.8) is 0 Å². The summed E-state index contributed by atoms with van der Waals surface area (Å²) in [5, 5.41) is 9.34. The van der Waals surface area contributed by atoms with Crippen molar-refractivity contribution in [2.24, 2.45) is 0 Å². The van der Waals surface area contributed by atoms with Crippen LogP contribution in [0, 0.1) is 13.6 Å². The molecule has 1 unspecified atom stereocenters. The Bertz CT molecular complexity index is 711. The van der Waals surface area contributed by atoms with Gasteiger partial charge in [0.15, 0.2) is 0 Å². The minimum Gasteiger partial charge on any atom is -0.448 e. The Morgan fingerprint density at radius 3 is 2.15 bits per heavy atom. The molecule has 0 fully saturated rings. The van der Waals surface area contributed by atoms with Crippen molar-refractivity contribution in [1.29, 1.82) is 0 Å². The predicted molar refractivity (Wildman–Crippen MR) is 107 cm³/mol. The third-order valence-corrected chi connectivity index (χ3v) is 3.47. The maximum absolute atomic E-state index is 9.34. The van der Waals surface area contributed by atoms with Crippen LogP contribution in [0.2, 0.25) is 0 Å². The van der Waals surface area contributed by atoms with Gasteiger partial charge in [0, 0.05) is 71.8 Å². The molecule has 1 N–H and O–H groups in total. The Hall–Kier alpha value is -0.468. The number of aliphatic hydroxyl groups is 1. The Balaban J connectivity index is -0.000000773. The molecule has 1 heterocycles. The van der Waals surface area contributed by atoms with Crippen LogP contribution in [-0.4, -0.2) is 21.7 Å². The first-order valence-electron chi connectivity index (χ1n) is 8.67. The topological polar surface area (TPSA) is 46.0 Å². The fraction of sp³-hybridized carbons (Fsp3) is 0.318. The average molecular weight is 622 g/mol. The second kappa shape index (κ2) is 18.9. The fourth-order valence-electron chi connectivity index (χ4n) is 2.49. The maximum Gasteiger partial charge on any atom is 0.0440 e. The smallest absolute Gasteiger partial charge is 0.0440 e. The summed E-state index contributed by atoms with van der Waals surface area (Å²) in [5.74, 6) is 0.174. The van der Waals surface area contributed by atoms with Crippen LogP contribution >= 0.6 is 0 Å². The summed E-state index contributed by atoms with van der Waals surface area (Å²) in [6, 6.07) is 16.3. The number of fused-ring (bicyclic) bond motifs is 1. The van der Waals surface area contributed by atoms with Gasteiger partial charge in [-0.3, -0.25) is 4.98 Å². The van der Waals surface area contributed by atoms with Crippen LogP contribution in [0.25, 0.3) is 11.0 Å². The minimum atomic E-state index is 0. The molecule has 0 amide bonds. The zero-order chi connectivity index (χ0) is 17.8. The Labute approximate surface area is 204 Å². The van der Waals surface area contributed by atoms with Crippen LogP contribution in [0.1, 0.15) is 51.2 Å². The standard InChI is InChI=1S/C17H15N2O.2C2H6.CH3.Pt.Y/c20-11-8-15(13-4-2-1-3-5-13)14-6-7-16-17(12-14)19-10-9-18-16;2*1-2;;;/h1-7,9,12,15,20H,8,11H2;2*1-2H3;1H3;;/q-1;;;-1;;. The molecule has 0 spiro atoms. The van der Waals surface area contributed by atoms with Crippen LogP contribution in [0.4, 0.5) is 0 Å². The van der Waals surface area contributed by atoms with Crippen LogP contribution in [0.15, 0.2) is 54.7 Å². The number of nitrogens with zero attached hydrogens (tertiary/aromatic N) is 2. The number of rotatable bonds is 4. The molecule has 0 saturated heterocycles.